The van der Waals surface area contributed by atoms with Crippen molar-refractivity contribution in [3.05, 3.63) is 51.3 Å². The fourth-order valence-corrected chi connectivity index (χ4v) is 3.78. The monoisotopic (exact) mass is 394 g/mol. The molecule has 0 spiro atoms. The largest absolute Gasteiger partial charge is 0.349 e. The molecule has 1 aliphatic rings. The van der Waals surface area contributed by atoms with Crippen molar-refractivity contribution in [1.29, 1.82) is 0 Å². The number of carbonyl (C=O) groups excluding carboxylic acids is 1. The third kappa shape index (κ3) is 4.30. The number of carbonyl (C=O) groups is 1. The number of fused-ring (bicyclic) bond motifs is 1. The van der Waals surface area contributed by atoms with Crippen LogP contribution in [0.4, 0.5) is 5.69 Å². The minimum absolute atomic E-state index is 0.0437. The topological polar surface area (TPSA) is 159 Å². The summed E-state index contributed by atoms with van der Waals surface area (Å²) in [5.41, 5.74) is 1.71. The Bertz CT molecular complexity index is 971. The van der Waals surface area contributed by atoms with Crippen molar-refractivity contribution >= 4 is 21.6 Å². The van der Waals surface area contributed by atoms with Crippen LogP contribution in [-0.2, 0) is 23.0 Å². The molecule has 27 heavy (non-hydrogen) atoms. The summed E-state index contributed by atoms with van der Waals surface area (Å²) in [6.07, 6.45) is 0.763. The van der Waals surface area contributed by atoms with E-state index in [1.54, 1.807) is 0 Å². The van der Waals surface area contributed by atoms with Crippen molar-refractivity contribution in [3.63, 3.8) is 0 Å². The van der Waals surface area contributed by atoms with Crippen LogP contribution in [0.1, 0.15) is 21.7 Å². The van der Waals surface area contributed by atoms with Gasteiger partial charge in [-0.15, -0.1) is 0 Å². The highest BCUT2D eigenvalue weighted by molar-refractivity contribution is 7.89. The van der Waals surface area contributed by atoms with Gasteiger partial charge in [-0.25, -0.2) is 13.1 Å². The minimum atomic E-state index is -3.92. The van der Waals surface area contributed by atoms with E-state index < -0.39 is 20.9 Å². The van der Waals surface area contributed by atoms with Crippen LogP contribution < -0.4 is 15.4 Å². The van der Waals surface area contributed by atoms with Gasteiger partial charge in [0.1, 0.15) is 0 Å². The lowest BCUT2D eigenvalue weighted by Gasteiger charge is -2.13. The zero-order valence-corrected chi connectivity index (χ0v) is 15.0. The smallest absolute Gasteiger partial charge is 0.272 e. The molecule has 144 valence electrons. The first-order valence-corrected chi connectivity index (χ1v) is 9.66. The SMILES string of the molecule is O=C(NCCNS(=O)(=O)c1cccc([N+](=O)[O-])c1)c1n[nH]c2c1CNCC2. The van der Waals surface area contributed by atoms with Crippen molar-refractivity contribution in [1.82, 2.24) is 25.6 Å². The van der Waals surface area contributed by atoms with E-state index in [9.17, 15) is 23.3 Å². The second-order valence-corrected chi connectivity index (χ2v) is 7.63. The van der Waals surface area contributed by atoms with Crippen LogP contribution in [0.3, 0.4) is 0 Å². The Balaban J connectivity index is 1.55. The number of benzene rings is 1. The summed E-state index contributed by atoms with van der Waals surface area (Å²) in [6, 6.07) is 4.74. The Morgan fingerprint density at radius 3 is 2.93 bits per heavy atom. The lowest BCUT2D eigenvalue weighted by atomic mass is 10.1. The predicted octanol–water partition coefficient (Wildman–Crippen LogP) is -0.328. The van der Waals surface area contributed by atoms with Crippen molar-refractivity contribution in [2.24, 2.45) is 0 Å². The molecule has 3 rings (SSSR count). The summed E-state index contributed by atoms with van der Waals surface area (Å²) < 4.78 is 26.7. The Hall–Kier alpha value is -2.83. The molecule has 0 saturated heterocycles. The molecule has 0 unspecified atom stereocenters. The second kappa shape index (κ2) is 7.82. The molecule has 1 aromatic heterocycles. The number of amides is 1. The molecule has 0 aliphatic carbocycles. The molecule has 1 aromatic carbocycles. The molecular weight excluding hydrogens is 376 g/mol. The summed E-state index contributed by atoms with van der Waals surface area (Å²) in [4.78, 5) is 22.1. The van der Waals surface area contributed by atoms with E-state index in [1.165, 1.54) is 18.2 Å². The number of sulfonamides is 1. The van der Waals surface area contributed by atoms with E-state index in [2.05, 4.69) is 25.6 Å². The van der Waals surface area contributed by atoms with Gasteiger partial charge in [-0.05, 0) is 6.07 Å². The number of rotatable bonds is 7. The van der Waals surface area contributed by atoms with E-state index >= 15 is 0 Å². The van der Waals surface area contributed by atoms with Gasteiger partial charge in [-0.1, -0.05) is 6.07 Å². The van der Waals surface area contributed by atoms with Gasteiger partial charge in [0, 0.05) is 56.0 Å². The maximum atomic E-state index is 12.2. The van der Waals surface area contributed by atoms with Gasteiger partial charge in [0.2, 0.25) is 10.0 Å². The van der Waals surface area contributed by atoms with E-state index in [-0.39, 0.29) is 23.7 Å². The Morgan fingerprint density at radius 1 is 1.33 bits per heavy atom. The molecule has 0 bridgehead atoms. The Morgan fingerprint density at radius 2 is 2.15 bits per heavy atom. The zero-order chi connectivity index (χ0) is 19.4. The quantitative estimate of drug-likeness (QED) is 0.284. The summed E-state index contributed by atoms with van der Waals surface area (Å²) in [5, 5.41) is 23.4. The van der Waals surface area contributed by atoms with Gasteiger partial charge in [-0.2, -0.15) is 5.10 Å². The fourth-order valence-electron chi connectivity index (χ4n) is 2.71. The van der Waals surface area contributed by atoms with Crippen LogP contribution in [0.5, 0.6) is 0 Å². The number of hydrogen-bond acceptors (Lipinski definition) is 7. The average Bonchev–Trinajstić information content (AvgIpc) is 3.09. The summed E-state index contributed by atoms with van der Waals surface area (Å²) in [7, 11) is -3.92. The van der Waals surface area contributed by atoms with Gasteiger partial charge >= 0.3 is 0 Å². The number of H-pyrrole nitrogens is 1. The molecule has 0 atom stereocenters. The number of non-ortho nitro benzene ring substituents is 1. The highest BCUT2D eigenvalue weighted by Crippen LogP contribution is 2.17. The van der Waals surface area contributed by atoms with Crippen molar-refractivity contribution in [3.8, 4) is 0 Å². The molecule has 12 heteroatoms. The first-order valence-electron chi connectivity index (χ1n) is 8.17. The molecule has 2 heterocycles. The fraction of sp³-hybridized carbons (Fsp3) is 0.333. The first-order chi connectivity index (χ1) is 12.9. The Kier molecular flexibility index (Phi) is 5.48. The number of nitro benzene ring substituents is 1. The van der Waals surface area contributed by atoms with Crippen LogP contribution in [0.15, 0.2) is 29.2 Å². The number of nitro groups is 1. The molecule has 1 amide bonds. The maximum Gasteiger partial charge on any atom is 0.272 e. The predicted molar refractivity (Wildman–Crippen MR) is 94.6 cm³/mol. The molecule has 0 fully saturated rings. The first kappa shape index (κ1) is 18.9. The average molecular weight is 394 g/mol. The molecular formula is C15H18N6O5S. The highest BCUT2D eigenvalue weighted by atomic mass is 32.2. The van der Waals surface area contributed by atoms with Crippen molar-refractivity contribution in [2.75, 3.05) is 19.6 Å². The van der Waals surface area contributed by atoms with E-state index in [4.69, 9.17) is 0 Å². The third-order valence-electron chi connectivity index (χ3n) is 4.06. The highest BCUT2D eigenvalue weighted by Gasteiger charge is 2.21. The summed E-state index contributed by atoms with van der Waals surface area (Å²) in [5.74, 6) is -0.397. The molecule has 0 radical (unpaired) electrons. The van der Waals surface area contributed by atoms with E-state index in [0.717, 1.165) is 30.3 Å². The standard InChI is InChI=1S/C15H18N6O5S/c22-15(14-12-9-16-5-4-13(12)19-20-14)17-6-7-18-27(25,26)11-3-1-2-10(8-11)21(23)24/h1-3,8,16,18H,4-7,9H2,(H,17,22)(H,19,20). The molecule has 11 nitrogen and oxygen atoms in total. The van der Waals surface area contributed by atoms with Crippen LogP contribution in [-0.4, -0.2) is 49.1 Å². The molecule has 2 aromatic rings. The van der Waals surface area contributed by atoms with Gasteiger partial charge in [-0.3, -0.25) is 20.0 Å². The van der Waals surface area contributed by atoms with Crippen LogP contribution in [0.2, 0.25) is 0 Å². The number of aromatic nitrogens is 2. The lowest BCUT2D eigenvalue weighted by Crippen LogP contribution is -2.35. The molecule has 1 aliphatic heterocycles. The van der Waals surface area contributed by atoms with Gasteiger partial charge in [0.25, 0.3) is 11.6 Å². The van der Waals surface area contributed by atoms with Crippen LogP contribution in [0, 0.1) is 10.1 Å². The second-order valence-electron chi connectivity index (χ2n) is 5.86. The van der Waals surface area contributed by atoms with Gasteiger partial charge in [0.05, 0.1) is 9.82 Å². The lowest BCUT2D eigenvalue weighted by molar-refractivity contribution is -0.385. The Labute approximate surface area is 154 Å². The summed E-state index contributed by atoms with van der Waals surface area (Å²) >= 11 is 0. The third-order valence-corrected chi connectivity index (χ3v) is 5.52. The zero-order valence-electron chi connectivity index (χ0n) is 14.2. The normalized spacial score (nSPS) is 13.8. The van der Waals surface area contributed by atoms with Crippen LogP contribution >= 0.6 is 0 Å². The van der Waals surface area contributed by atoms with Crippen molar-refractivity contribution in [2.45, 2.75) is 17.9 Å². The van der Waals surface area contributed by atoms with E-state index in [1.807, 2.05) is 0 Å². The van der Waals surface area contributed by atoms with Crippen molar-refractivity contribution < 1.29 is 18.1 Å². The van der Waals surface area contributed by atoms with Crippen LogP contribution in [0.25, 0.3) is 0 Å². The van der Waals surface area contributed by atoms with E-state index in [0.29, 0.717) is 12.2 Å². The number of hydrogen-bond donors (Lipinski definition) is 4. The minimum Gasteiger partial charge on any atom is -0.349 e. The van der Waals surface area contributed by atoms with Gasteiger partial charge < -0.3 is 10.6 Å². The number of aromatic amines is 1. The number of nitrogens with one attached hydrogen (secondary N) is 4. The molecule has 4 N–H and O–H groups in total. The number of nitrogens with zero attached hydrogens (tertiary/aromatic N) is 2. The maximum absolute atomic E-state index is 12.2. The molecule has 0 saturated carbocycles. The summed E-state index contributed by atoms with van der Waals surface area (Å²) in [6.45, 7) is 1.34. The van der Waals surface area contributed by atoms with Gasteiger partial charge in [0.15, 0.2) is 5.69 Å².